The molecule has 8 atom stereocenters. The molecule has 2 saturated heterocycles. The average molecular weight is 444 g/mol. The van der Waals surface area contributed by atoms with Gasteiger partial charge in [0.2, 0.25) is 5.91 Å². The number of nitrogens with one attached hydrogen (secondary N) is 1. The standard InChI is InChI=1S/C23H41NO7/c1-13-8-16(30-15(3)14(13)2)10-21(27)24-22(29-7)18-11-19(26)23(4,5)20(31-18)9-17(12-25)28-6/h14-20,22,25-26H,1,8-12H2,2-7H3,(H,24,27). The summed E-state index contributed by atoms with van der Waals surface area (Å²) in [6, 6.07) is 0. The molecule has 8 heteroatoms. The number of carbonyl (C=O) groups excluding carboxylic acids is 1. The quantitative estimate of drug-likeness (QED) is 0.368. The molecule has 0 saturated carbocycles. The Hall–Kier alpha value is -1.03. The molecule has 2 fully saturated rings. The van der Waals surface area contributed by atoms with Crippen LogP contribution in [0.3, 0.4) is 0 Å². The lowest BCUT2D eigenvalue weighted by molar-refractivity contribution is -0.216. The number of carbonyl (C=O) groups is 1. The Morgan fingerprint density at radius 3 is 2.52 bits per heavy atom. The molecule has 180 valence electrons. The molecule has 2 rings (SSSR count). The summed E-state index contributed by atoms with van der Waals surface area (Å²) in [7, 11) is 3.04. The van der Waals surface area contributed by atoms with Gasteiger partial charge < -0.3 is 34.5 Å². The van der Waals surface area contributed by atoms with Crippen molar-refractivity contribution >= 4 is 5.91 Å². The van der Waals surface area contributed by atoms with Crippen LogP contribution in [0.5, 0.6) is 0 Å². The van der Waals surface area contributed by atoms with Crippen molar-refractivity contribution in [1.29, 1.82) is 0 Å². The topological polar surface area (TPSA) is 106 Å². The van der Waals surface area contributed by atoms with E-state index in [2.05, 4.69) is 18.8 Å². The monoisotopic (exact) mass is 443 g/mol. The molecule has 0 aromatic carbocycles. The second-order valence-electron chi connectivity index (χ2n) is 9.55. The number of hydrogen-bond acceptors (Lipinski definition) is 7. The highest BCUT2D eigenvalue weighted by Gasteiger charge is 2.47. The number of ether oxygens (including phenoxy) is 4. The molecule has 0 bridgehead atoms. The van der Waals surface area contributed by atoms with Crippen LogP contribution in [0, 0.1) is 11.3 Å². The molecular weight excluding hydrogens is 402 g/mol. The highest BCUT2D eigenvalue weighted by atomic mass is 16.6. The molecule has 2 heterocycles. The number of aliphatic hydroxyl groups excluding tert-OH is 2. The molecule has 0 aromatic rings. The average Bonchev–Trinajstić information content (AvgIpc) is 2.71. The first kappa shape index (κ1) is 26.2. The van der Waals surface area contributed by atoms with Crippen LogP contribution in [0.25, 0.3) is 0 Å². The van der Waals surface area contributed by atoms with Crippen molar-refractivity contribution < 1.29 is 34.0 Å². The van der Waals surface area contributed by atoms with E-state index in [1.54, 1.807) is 0 Å². The van der Waals surface area contributed by atoms with Gasteiger partial charge in [-0.2, -0.15) is 0 Å². The number of rotatable bonds is 9. The van der Waals surface area contributed by atoms with Crippen molar-refractivity contribution in [2.45, 2.75) is 96.2 Å². The van der Waals surface area contributed by atoms with E-state index in [1.165, 1.54) is 14.2 Å². The molecule has 3 N–H and O–H groups in total. The third-order valence-electron chi connectivity index (χ3n) is 7.05. The smallest absolute Gasteiger partial charge is 0.224 e. The van der Waals surface area contributed by atoms with Gasteiger partial charge in [0.25, 0.3) is 0 Å². The zero-order chi connectivity index (χ0) is 23.3. The van der Waals surface area contributed by atoms with E-state index < -0.39 is 30.0 Å². The molecule has 2 aliphatic heterocycles. The van der Waals surface area contributed by atoms with E-state index in [4.69, 9.17) is 18.9 Å². The fourth-order valence-electron chi connectivity index (χ4n) is 4.35. The Labute approximate surface area is 186 Å². The zero-order valence-corrected chi connectivity index (χ0v) is 19.8. The lowest BCUT2D eigenvalue weighted by Gasteiger charge is -2.48. The number of hydrogen-bond donors (Lipinski definition) is 3. The highest BCUT2D eigenvalue weighted by molar-refractivity contribution is 5.76. The van der Waals surface area contributed by atoms with Crippen LogP contribution in [-0.2, 0) is 23.7 Å². The summed E-state index contributed by atoms with van der Waals surface area (Å²) in [5, 5.41) is 23.2. The van der Waals surface area contributed by atoms with Gasteiger partial charge in [-0.15, -0.1) is 0 Å². The fourth-order valence-corrected chi connectivity index (χ4v) is 4.35. The van der Waals surface area contributed by atoms with Gasteiger partial charge >= 0.3 is 0 Å². The molecule has 0 aromatic heterocycles. The molecule has 0 aliphatic carbocycles. The van der Waals surface area contributed by atoms with E-state index in [-0.39, 0.29) is 43.2 Å². The Bertz CT molecular complexity index is 607. The summed E-state index contributed by atoms with van der Waals surface area (Å²) in [4.78, 5) is 12.7. The first-order valence-electron chi connectivity index (χ1n) is 11.2. The zero-order valence-electron chi connectivity index (χ0n) is 19.8. The third kappa shape index (κ3) is 6.49. The summed E-state index contributed by atoms with van der Waals surface area (Å²) >= 11 is 0. The largest absolute Gasteiger partial charge is 0.394 e. The van der Waals surface area contributed by atoms with Crippen LogP contribution in [0.2, 0.25) is 0 Å². The minimum Gasteiger partial charge on any atom is -0.394 e. The predicted octanol–water partition coefficient (Wildman–Crippen LogP) is 1.78. The van der Waals surface area contributed by atoms with Gasteiger partial charge in [0.15, 0.2) is 6.23 Å². The van der Waals surface area contributed by atoms with Crippen molar-refractivity contribution in [3.05, 3.63) is 12.2 Å². The van der Waals surface area contributed by atoms with E-state index in [0.717, 1.165) is 5.57 Å². The molecule has 0 radical (unpaired) electrons. The van der Waals surface area contributed by atoms with Crippen molar-refractivity contribution in [3.8, 4) is 0 Å². The van der Waals surface area contributed by atoms with Crippen LogP contribution in [0.1, 0.15) is 53.4 Å². The summed E-state index contributed by atoms with van der Waals surface area (Å²) in [5.41, 5.74) is 0.564. The minimum atomic E-state index is -0.709. The highest BCUT2D eigenvalue weighted by Crippen LogP contribution is 2.39. The van der Waals surface area contributed by atoms with Gasteiger partial charge in [0.05, 0.1) is 43.5 Å². The Balaban J connectivity index is 2.00. The second-order valence-corrected chi connectivity index (χ2v) is 9.55. The Kier molecular flexibility index (Phi) is 9.48. The maximum Gasteiger partial charge on any atom is 0.224 e. The number of aliphatic hydroxyl groups is 2. The minimum absolute atomic E-state index is 0.0253. The van der Waals surface area contributed by atoms with E-state index in [0.29, 0.717) is 19.3 Å². The SMILES string of the molecule is C=C1CC(CC(=O)NC(OC)C2CC(O)C(C)(C)C(CC(CO)OC)O2)OC(C)C1C. The van der Waals surface area contributed by atoms with Gasteiger partial charge in [-0.05, 0) is 13.3 Å². The van der Waals surface area contributed by atoms with Gasteiger partial charge in [0.1, 0.15) is 6.10 Å². The normalized spacial score (nSPS) is 35.4. The summed E-state index contributed by atoms with van der Waals surface area (Å²) in [6.07, 6.45) is -1.25. The molecule has 8 nitrogen and oxygen atoms in total. The van der Waals surface area contributed by atoms with Crippen molar-refractivity contribution in [1.82, 2.24) is 5.32 Å². The third-order valence-corrected chi connectivity index (χ3v) is 7.05. The Morgan fingerprint density at radius 1 is 1.29 bits per heavy atom. The predicted molar refractivity (Wildman–Crippen MR) is 116 cm³/mol. The Morgan fingerprint density at radius 2 is 1.97 bits per heavy atom. The van der Waals surface area contributed by atoms with Gasteiger partial charge in [-0.25, -0.2) is 0 Å². The number of methoxy groups -OCH3 is 2. The van der Waals surface area contributed by atoms with Crippen LogP contribution >= 0.6 is 0 Å². The van der Waals surface area contributed by atoms with E-state index in [1.807, 2.05) is 20.8 Å². The lowest BCUT2D eigenvalue weighted by atomic mass is 9.74. The van der Waals surface area contributed by atoms with Crippen LogP contribution in [-0.4, -0.2) is 79.8 Å². The summed E-state index contributed by atoms with van der Waals surface area (Å²) in [5.74, 6) is 0.0781. The van der Waals surface area contributed by atoms with Crippen molar-refractivity contribution in [2.24, 2.45) is 11.3 Å². The second kappa shape index (κ2) is 11.2. The maximum absolute atomic E-state index is 12.7. The van der Waals surface area contributed by atoms with Crippen molar-refractivity contribution in [2.75, 3.05) is 20.8 Å². The lowest BCUT2D eigenvalue weighted by Crippen LogP contribution is -2.58. The number of amides is 1. The molecule has 0 spiro atoms. The molecule has 2 aliphatic rings. The van der Waals surface area contributed by atoms with E-state index >= 15 is 0 Å². The maximum atomic E-state index is 12.7. The van der Waals surface area contributed by atoms with Gasteiger partial charge in [-0.3, -0.25) is 4.79 Å². The van der Waals surface area contributed by atoms with E-state index in [9.17, 15) is 15.0 Å². The first-order chi connectivity index (χ1) is 14.5. The van der Waals surface area contributed by atoms with Crippen LogP contribution in [0.4, 0.5) is 0 Å². The van der Waals surface area contributed by atoms with Gasteiger partial charge in [0, 0.05) is 38.4 Å². The molecule has 1 amide bonds. The van der Waals surface area contributed by atoms with Crippen LogP contribution in [0.15, 0.2) is 12.2 Å². The molecular formula is C23H41NO7. The van der Waals surface area contributed by atoms with Gasteiger partial charge in [-0.1, -0.05) is 32.9 Å². The van der Waals surface area contributed by atoms with Crippen molar-refractivity contribution in [3.63, 3.8) is 0 Å². The summed E-state index contributed by atoms with van der Waals surface area (Å²) in [6.45, 7) is 11.9. The molecule has 8 unspecified atom stereocenters. The fraction of sp³-hybridized carbons (Fsp3) is 0.870. The molecule has 31 heavy (non-hydrogen) atoms. The van der Waals surface area contributed by atoms with Crippen LogP contribution < -0.4 is 5.32 Å². The first-order valence-corrected chi connectivity index (χ1v) is 11.2. The summed E-state index contributed by atoms with van der Waals surface area (Å²) < 4.78 is 23.0.